The zero-order chi connectivity index (χ0) is 12.4. The Kier molecular flexibility index (Phi) is 3.79. The quantitative estimate of drug-likeness (QED) is 0.885. The summed E-state index contributed by atoms with van der Waals surface area (Å²) in [5, 5.41) is 6.91. The van der Waals surface area contributed by atoms with E-state index in [1.54, 1.807) is 25.1 Å². The van der Waals surface area contributed by atoms with Gasteiger partial charge in [0, 0.05) is 6.04 Å². The molecule has 1 saturated carbocycles. The molecular formula is C12H14Cl2N2O. The highest BCUT2D eigenvalue weighted by Gasteiger charge is 2.25. The Hall–Kier alpha value is -0.930. The highest BCUT2D eigenvalue weighted by molar-refractivity contribution is 6.43. The molecule has 2 N–H and O–H groups in total. The predicted molar refractivity (Wildman–Crippen MR) is 70.7 cm³/mol. The molecule has 2 rings (SSSR count). The molecule has 5 heteroatoms. The molecule has 0 saturated heterocycles. The Bertz CT molecular complexity index is 433. The standard InChI is InChI=1S/C12H14Cl2N2O/c1-7(12(17)16-8-5-6-8)15-10-4-2-3-9(13)11(10)14/h2-4,7-8,15H,5-6H2,1H3,(H,16,17). The van der Waals surface area contributed by atoms with E-state index in [-0.39, 0.29) is 11.9 Å². The monoisotopic (exact) mass is 272 g/mol. The molecule has 3 nitrogen and oxygen atoms in total. The first kappa shape index (κ1) is 12.5. The van der Waals surface area contributed by atoms with Crippen molar-refractivity contribution in [1.29, 1.82) is 0 Å². The van der Waals surface area contributed by atoms with Crippen molar-refractivity contribution in [2.45, 2.75) is 31.8 Å². The van der Waals surface area contributed by atoms with Crippen LogP contribution in [0.1, 0.15) is 19.8 Å². The maximum absolute atomic E-state index is 11.7. The van der Waals surface area contributed by atoms with Crippen molar-refractivity contribution in [2.75, 3.05) is 5.32 Å². The number of anilines is 1. The van der Waals surface area contributed by atoms with Crippen LogP contribution in [0, 0.1) is 0 Å². The van der Waals surface area contributed by atoms with Crippen LogP contribution < -0.4 is 10.6 Å². The van der Waals surface area contributed by atoms with Gasteiger partial charge in [-0.2, -0.15) is 0 Å². The Morgan fingerprint density at radius 3 is 2.76 bits per heavy atom. The van der Waals surface area contributed by atoms with Crippen LogP contribution in [-0.2, 0) is 4.79 Å². The maximum atomic E-state index is 11.7. The molecule has 0 heterocycles. The molecule has 1 aliphatic rings. The molecule has 0 aliphatic heterocycles. The zero-order valence-corrected chi connectivity index (χ0v) is 11.0. The molecule has 1 unspecified atom stereocenters. The second-order valence-electron chi connectivity index (χ2n) is 4.25. The lowest BCUT2D eigenvalue weighted by Gasteiger charge is -2.16. The van der Waals surface area contributed by atoms with Crippen molar-refractivity contribution in [3.63, 3.8) is 0 Å². The van der Waals surface area contributed by atoms with Crippen LogP contribution in [0.25, 0.3) is 0 Å². The molecule has 1 fully saturated rings. The van der Waals surface area contributed by atoms with Gasteiger partial charge in [-0.3, -0.25) is 4.79 Å². The lowest BCUT2D eigenvalue weighted by Crippen LogP contribution is -2.38. The summed E-state index contributed by atoms with van der Waals surface area (Å²) in [5.41, 5.74) is 0.678. The SMILES string of the molecule is CC(Nc1cccc(Cl)c1Cl)C(=O)NC1CC1. The van der Waals surface area contributed by atoms with Crippen LogP contribution in [0.3, 0.4) is 0 Å². The normalized spacial score (nSPS) is 16.4. The summed E-state index contributed by atoms with van der Waals surface area (Å²) in [5.74, 6) is -0.0106. The number of benzene rings is 1. The largest absolute Gasteiger partial charge is 0.373 e. The van der Waals surface area contributed by atoms with E-state index in [1.165, 1.54) is 0 Å². The second kappa shape index (κ2) is 5.15. The maximum Gasteiger partial charge on any atom is 0.242 e. The molecule has 1 amide bonds. The zero-order valence-electron chi connectivity index (χ0n) is 9.47. The first-order chi connectivity index (χ1) is 8.08. The third-order valence-electron chi connectivity index (χ3n) is 2.64. The molecule has 1 aromatic rings. The fraction of sp³-hybridized carbons (Fsp3) is 0.417. The van der Waals surface area contributed by atoms with E-state index in [0.717, 1.165) is 12.8 Å². The summed E-state index contributed by atoms with van der Waals surface area (Å²) in [6.45, 7) is 1.80. The van der Waals surface area contributed by atoms with Crippen LogP contribution in [0.2, 0.25) is 10.0 Å². The van der Waals surface area contributed by atoms with Crippen LogP contribution in [-0.4, -0.2) is 18.0 Å². The molecule has 92 valence electrons. The third kappa shape index (κ3) is 3.27. The molecular weight excluding hydrogens is 259 g/mol. The van der Waals surface area contributed by atoms with Gasteiger partial charge < -0.3 is 10.6 Å². The van der Waals surface area contributed by atoms with Crippen molar-refractivity contribution < 1.29 is 4.79 Å². The Morgan fingerprint density at radius 2 is 2.12 bits per heavy atom. The predicted octanol–water partition coefficient (Wildman–Crippen LogP) is 3.07. The highest BCUT2D eigenvalue weighted by Crippen LogP contribution is 2.30. The number of halogens is 2. The smallest absolute Gasteiger partial charge is 0.242 e. The van der Waals surface area contributed by atoms with E-state index in [4.69, 9.17) is 23.2 Å². The molecule has 17 heavy (non-hydrogen) atoms. The number of hydrogen-bond donors (Lipinski definition) is 2. The van der Waals surface area contributed by atoms with Crippen molar-refractivity contribution in [1.82, 2.24) is 5.32 Å². The van der Waals surface area contributed by atoms with Crippen LogP contribution in [0.4, 0.5) is 5.69 Å². The minimum atomic E-state index is -0.327. The van der Waals surface area contributed by atoms with E-state index in [1.807, 2.05) is 0 Å². The van der Waals surface area contributed by atoms with Gasteiger partial charge in [-0.15, -0.1) is 0 Å². The van der Waals surface area contributed by atoms with Gasteiger partial charge in [0.15, 0.2) is 0 Å². The van der Waals surface area contributed by atoms with Gasteiger partial charge in [-0.1, -0.05) is 29.3 Å². The Balaban J connectivity index is 1.99. The average Bonchev–Trinajstić information content (AvgIpc) is 3.08. The van der Waals surface area contributed by atoms with Crippen molar-refractivity contribution in [2.24, 2.45) is 0 Å². The Labute approximate surface area is 110 Å². The highest BCUT2D eigenvalue weighted by atomic mass is 35.5. The molecule has 0 bridgehead atoms. The van der Waals surface area contributed by atoms with Gasteiger partial charge in [-0.25, -0.2) is 0 Å². The van der Waals surface area contributed by atoms with Gasteiger partial charge in [0.25, 0.3) is 0 Å². The van der Waals surface area contributed by atoms with E-state index in [0.29, 0.717) is 21.8 Å². The number of amides is 1. The summed E-state index contributed by atoms with van der Waals surface area (Å²) in [6, 6.07) is 5.34. The third-order valence-corrected chi connectivity index (χ3v) is 3.46. The average molecular weight is 273 g/mol. The lowest BCUT2D eigenvalue weighted by atomic mass is 10.2. The number of nitrogens with one attached hydrogen (secondary N) is 2. The first-order valence-corrected chi connectivity index (χ1v) is 6.34. The molecule has 0 radical (unpaired) electrons. The van der Waals surface area contributed by atoms with Gasteiger partial charge >= 0.3 is 0 Å². The van der Waals surface area contributed by atoms with Crippen molar-refractivity contribution >= 4 is 34.8 Å². The van der Waals surface area contributed by atoms with E-state index < -0.39 is 0 Å². The fourth-order valence-corrected chi connectivity index (χ4v) is 1.82. The molecule has 1 aromatic carbocycles. The summed E-state index contributed by atoms with van der Waals surface area (Å²) in [7, 11) is 0. The van der Waals surface area contributed by atoms with E-state index in [2.05, 4.69) is 10.6 Å². The summed E-state index contributed by atoms with van der Waals surface area (Å²) >= 11 is 11.9. The molecule has 1 aliphatic carbocycles. The number of carbonyl (C=O) groups excluding carboxylic acids is 1. The summed E-state index contributed by atoms with van der Waals surface area (Å²) in [4.78, 5) is 11.7. The van der Waals surface area contributed by atoms with Gasteiger partial charge in [0.05, 0.1) is 15.7 Å². The summed E-state index contributed by atoms with van der Waals surface area (Å²) < 4.78 is 0. The molecule has 0 spiro atoms. The van der Waals surface area contributed by atoms with Gasteiger partial charge in [0.1, 0.15) is 6.04 Å². The van der Waals surface area contributed by atoms with Gasteiger partial charge in [-0.05, 0) is 31.9 Å². The number of carbonyl (C=O) groups is 1. The van der Waals surface area contributed by atoms with Crippen LogP contribution in [0.15, 0.2) is 18.2 Å². The van der Waals surface area contributed by atoms with Crippen LogP contribution >= 0.6 is 23.2 Å². The Morgan fingerprint density at radius 1 is 1.41 bits per heavy atom. The topological polar surface area (TPSA) is 41.1 Å². The van der Waals surface area contributed by atoms with Crippen molar-refractivity contribution in [3.8, 4) is 0 Å². The minimum absolute atomic E-state index is 0.0106. The second-order valence-corrected chi connectivity index (χ2v) is 5.04. The van der Waals surface area contributed by atoms with Crippen LogP contribution in [0.5, 0.6) is 0 Å². The fourth-order valence-electron chi connectivity index (χ4n) is 1.47. The van der Waals surface area contributed by atoms with Gasteiger partial charge in [0.2, 0.25) is 5.91 Å². The lowest BCUT2D eigenvalue weighted by molar-refractivity contribution is -0.121. The summed E-state index contributed by atoms with van der Waals surface area (Å²) in [6.07, 6.45) is 2.16. The molecule has 1 atom stereocenters. The molecule has 0 aromatic heterocycles. The first-order valence-electron chi connectivity index (χ1n) is 5.59. The van der Waals surface area contributed by atoms with Crippen molar-refractivity contribution in [3.05, 3.63) is 28.2 Å². The number of hydrogen-bond acceptors (Lipinski definition) is 2. The van der Waals surface area contributed by atoms with E-state index >= 15 is 0 Å². The van der Waals surface area contributed by atoms with E-state index in [9.17, 15) is 4.79 Å². The minimum Gasteiger partial charge on any atom is -0.373 e. The number of rotatable bonds is 4.